The molecule has 7 nitrogen and oxygen atoms in total. The molecule has 0 aliphatic carbocycles. The highest BCUT2D eigenvalue weighted by atomic mass is 32.2. The third-order valence-electron chi connectivity index (χ3n) is 3.94. The number of aliphatic imine (C=N–C) groups is 1. The Hall–Kier alpha value is -2.94. The number of benzene rings is 2. The number of rotatable bonds is 5. The topological polar surface area (TPSA) is 94.1 Å². The summed E-state index contributed by atoms with van der Waals surface area (Å²) in [6, 6.07) is 9.26. The molecular formula is C18H17FN2O5S. The molecule has 27 heavy (non-hydrogen) atoms. The summed E-state index contributed by atoms with van der Waals surface area (Å²) in [4.78, 5) is 16.5. The Morgan fingerprint density at radius 1 is 1.26 bits per heavy atom. The lowest BCUT2D eigenvalue weighted by molar-refractivity contribution is -0.146. The molecule has 9 heteroatoms. The van der Waals surface area contributed by atoms with E-state index in [1.807, 2.05) is 0 Å². The fourth-order valence-corrected chi connectivity index (χ4v) is 3.84. The van der Waals surface area contributed by atoms with Gasteiger partial charge < -0.3 is 9.47 Å². The molecule has 0 amide bonds. The molecule has 1 heterocycles. The number of nitrogens with one attached hydrogen (secondary N) is 1. The number of hydrogen-bond acceptors (Lipinski definition) is 6. The van der Waals surface area contributed by atoms with Crippen molar-refractivity contribution in [2.45, 2.75) is 24.5 Å². The molecule has 142 valence electrons. The van der Waals surface area contributed by atoms with Gasteiger partial charge in [0.1, 0.15) is 30.1 Å². The first kappa shape index (κ1) is 18.8. The molecular weight excluding hydrogens is 375 g/mol. The third kappa shape index (κ3) is 3.92. The maximum atomic E-state index is 13.4. The van der Waals surface area contributed by atoms with E-state index in [0.29, 0.717) is 16.9 Å². The molecule has 1 unspecified atom stereocenters. The van der Waals surface area contributed by atoms with Crippen LogP contribution in [0.5, 0.6) is 5.75 Å². The number of carbonyl (C=O) groups is 1. The van der Waals surface area contributed by atoms with Crippen molar-refractivity contribution in [3.05, 3.63) is 59.4 Å². The number of nitrogens with zero attached hydrogens (tertiary/aromatic N) is 1. The number of sulfonamides is 1. The maximum Gasteiger partial charge on any atom is 0.330 e. The van der Waals surface area contributed by atoms with Crippen LogP contribution in [0.1, 0.15) is 18.1 Å². The first-order valence-corrected chi connectivity index (χ1v) is 9.49. The highest BCUT2D eigenvalue weighted by Crippen LogP contribution is 2.23. The fraction of sp³-hybridized carbons (Fsp3) is 0.222. The predicted molar refractivity (Wildman–Crippen MR) is 95.5 cm³/mol. The van der Waals surface area contributed by atoms with Crippen molar-refractivity contribution >= 4 is 21.8 Å². The SMILES string of the molecule is COc1ccc(F)cc1COC(=O)C(C)N=C1NS(=O)(=O)c2ccccc21. The minimum Gasteiger partial charge on any atom is -0.496 e. The summed E-state index contributed by atoms with van der Waals surface area (Å²) in [7, 11) is -2.26. The van der Waals surface area contributed by atoms with Gasteiger partial charge in [-0.3, -0.25) is 9.71 Å². The van der Waals surface area contributed by atoms with Gasteiger partial charge in [-0.15, -0.1) is 0 Å². The fourth-order valence-electron chi connectivity index (χ4n) is 2.61. The molecule has 1 aliphatic rings. The molecule has 3 rings (SSSR count). The molecule has 2 aromatic carbocycles. The Labute approximate surface area is 155 Å². The molecule has 0 bridgehead atoms. The Morgan fingerprint density at radius 2 is 2.00 bits per heavy atom. The number of halogens is 1. The number of hydrogen-bond donors (Lipinski definition) is 1. The lowest BCUT2D eigenvalue weighted by Crippen LogP contribution is -2.26. The van der Waals surface area contributed by atoms with E-state index in [2.05, 4.69) is 9.71 Å². The summed E-state index contributed by atoms with van der Waals surface area (Å²) in [5.74, 6) is -0.691. The van der Waals surface area contributed by atoms with Crippen LogP contribution in [0, 0.1) is 5.82 Å². The van der Waals surface area contributed by atoms with E-state index in [-0.39, 0.29) is 17.3 Å². The van der Waals surface area contributed by atoms with Crippen molar-refractivity contribution in [1.82, 2.24) is 4.72 Å². The molecule has 0 fully saturated rings. The number of ether oxygens (including phenoxy) is 2. The van der Waals surface area contributed by atoms with Crippen molar-refractivity contribution in [2.24, 2.45) is 4.99 Å². The summed E-state index contributed by atoms with van der Waals surface area (Å²) < 4.78 is 50.1. The Morgan fingerprint density at radius 3 is 2.74 bits per heavy atom. The third-order valence-corrected chi connectivity index (χ3v) is 5.34. The van der Waals surface area contributed by atoms with Gasteiger partial charge in [0, 0.05) is 11.1 Å². The molecule has 0 spiro atoms. The molecule has 1 N–H and O–H groups in total. The van der Waals surface area contributed by atoms with E-state index in [1.54, 1.807) is 18.2 Å². The van der Waals surface area contributed by atoms with Crippen molar-refractivity contribution in [3.63, 3.8) is 0 Å². The number of esters is 1. The minimum atomic E-state index is -3.69. The Bertz CT molecular complexity index is 1020. The second kappa shape index (κ2) is 7.36. The maximum absolute atomic E-state index is 13.4. The highest BCUT2D eigenvalue weighted by molar-refractivity contribution is 7.90. The van der Waals surface area contributed by atoms with Crippen LogP contribution in [0.2, 0.25) is 0 Å². The largest absolute Gasteiger partial charge is 0.496 e. The van der Waals surface area contributed by atoms with Crippen LogP contribution in [0.25, 0.3) is 0 Å². The Balaban J connectivity index is 1.74. The normalized spacial score (nSPS) is 17.1. The average Bonchev–Trinajstić information content (AvgIpc) is 2.90. The van der Waals surface area contributed by atoms with Gasteiger partial charge in [-0.2, -0.15) is 0 Å². The van der Waals surface area contributed by atoms with Crippen molar-refractivity contribution in [3.8, 4) is 5.75 Å². The van der Waals surface area contributed by atoms with E-state index >= 15 is 0 Å². The van der Waals surface area contributed by atoms with Crippen molar-refractivity contribution in [2.75, 3.05) is 7.11 Å². The van der Waals surface area contributed by atoms with E-state index in [0.717, 1.165) is 0 Å². The van der Waals surface area contributed by atoms with Gasteiger partial charge in [0.25, 0.3) is 10.0 Å². The average molecular weight is 392 g/mol. The van der Waals surface area contributed by atoms with Crippen LogP contribution >= 0.6 is 0 Å². The minimum absolute atomic E-state index is 0.0818. The number of carbonyl (C=O) groups excluding carboxylic acids is 1. The van der Waals surface area contributed by atoms with Gasteiger partial charge >= 0.3 is 5.97 Å². The molecule has 0 saturated carbocycles. The van der Waals surface area contributed by atoms with Crippen LogP contribution in [0.4, 0.5) is 4.39 Å². The highest BCUT2D eigenvalue weighted by Gasteiger charge is 2.31. The van der Waals surface area contributed by atoms with E-state index in [1.165, 1.54) is 38.3 Å². The lowest BCUT2D eigenvalue weighted by Gasteiger charge is -2.11. The number of fused-ring (bicyclic) bond motifs is 1. The standard InChI is InChI=1S/C18H17FN2O5S/c1-11(18(22)26-10-12-9-13(19)7-8-15(12)25-2)20-17-14-5-3-4-6-16(14)27(23,24)21-17/h3-9,11H,10H2,1-2H3,(H,20,21). The van der Waals surface area contributed by atoms with Crippen LogP contribution in [0.3, 0.4) is 0 Å². The van der Waals surface area contributed by atoms with Crippen LogP contribution < -0.4 is 9.46 Å². The first-order chi connectivity index (χ1) is 12.8. The quantitative estimate of drug-likeness (QED) is 0.786. The van der Waals surface area contributed by atoms with E-state index < -0.39 is 27.9 Å². The second-order valence-electron chi connectivity index (χ2n) is 5.82. The van der Waals surface area contributed by atoms with Crippen molar-refractivity contribution < 1.29 is 27.1 Å². The molecule has 1 aliphatic heterocycles. The predicted octanol–water partition coefficient (Wildman–Crippen LogP) is 2.00. The summed E-state index contributed by atoms with van der Waals surface area (Å²) in [6.45, 7) is 1.28. The van der Waals surface area contributed by atoms with Gasteiger partial charge in [-0.1, -0.05) is 12.1 Å². The summed E-state index contributed by atoms with van der Waals surface area (Å²) in [5.41, 5.74) is 0.765. The van der Waals surface area contributed by atoms with Gasteiger partial charge in [-0.25, -0.2) is 17.6 Å². The summed E-state index contributed by atoms with van der Waals surface area (Å²) in [6.07, 6.45) is 0. The molecule has 0 aromatic heterocycles. The lowest BCUT2D eigenvalue weighted by atomic mass is 10.2. The van der Waals surface area contributed by atoms with Gasteiger partial charge in [0.15, 0.2) is 0 Å². The molecule has 1 atom stereocenters. The summed E-state index contributed by atoms with van der Waals surface area (Å²) in [5, 5.41) is 0. The first-order valence-electron chi connectivity index (χ1n) is 8.01. The molecule has 2 aromatic rings. The molecule has 0 radical (unpaired) electrons. The zero-order valence-electron chi connectivity index (χ0n) is 14.6. The van der Waals surface area contributed by atoms with E-state index in [9.17, 15) is 17.6 Å². The Kier molecular flexibility index (Phi) is 5.13. The number of methoxy groups -OCH3 is 1. The van der Waals surface area contributed by atoms with E-state index in [4.69, 9.17) is 9.47 Å². The molecule has 0 saturated heterocycles. The van der Waals surface area contributed by atoms with Crippen LogP contribution in [-0.4, -0.2) is 33.4 Å². The van der Waals surface area contributed by atoms with Gasteiger partial charge in [0.05, 0.1) is 12.0 Å². The zero-order chi connectivity index (χ0) is 19.6. The zero-order valence-corrected chi connectivity index (χ0v) is 15.4. The van der Waals surface area contributed by atoms with Gasteiger partial charge in [0.2, 0.25) is 0 Å². The monoisotopic (exact) mass is 392 g/mol. The van der Waals surface area contributed by atoms with Crippen LogP contribution in [0.15, 0.2) is 52.4 Å². The second-order valence-corrected chi connectivity index (χ2v) is 7.47. The summed E-state index contributed by atoms with van der Waals surface area (Å²) >= 11 is 0. The van der Waals surface area contributed by atoms with Gasteiger partial charge in [-0.05, 0) is 37.3 Å². The van der Waals surface area contributed by atoms with Crippen molar-refractivity contribution in [1.29, 1.82) is 0 Å². The van der Waals surface area contributed by atoms with Crippen LogP contribution in [-0.2, 0) is 26.2 Å². The smallest absolute Gasteiger partial charge is 0.330 e. The number of amidine groups is 1.